The largest absolute Gasteiger partial charge is 0.395 e. The van der Waals surface area contributed by atoms with E-state index in [2.05, 4.69) is 22.9 Å². The van der Waals surface area contributed by atoms with Crippen LogP contribution >= 0.6 is 34.4 Å². The number of rotatable bonds is 4. The van der Waals surface area contributed by atoms with Crippen LogP contribution in [0.2, 0.25) is 0 Å². The number of nitrogens with zero attached hydrogens (tertiary/aromatic N) is 1. The summed E-state index contributed by atoms with van der Waals surface area (Å²) in [5, 5.41) is 10.6. The Morgan fingerprint density at radius 3 is 3.12 bits per heavy atom. The summed E-state index contributed by atoms with van der Waals surface area (Å²) in [5.74, 6) is 6.92. The summed E-state index contributed by atoms with van der Waals surface area (Å²) in [6.45, 7) is 0.130. The first-order chi connectivity index (χ1) is 8.38. The van der Waals surface area contributed by atoms with Crippen LogP contribution in [0.3, 0.4) is 0 Å². The van der Waals surface area contributed by atoms with E-state index in [1.54, 1.807) is 34.4 Å². The van der Waals surface area contributed by atoms with Crippen molar-refractivity contribution in [3.8, 4) is 11.8 Å². The van der Waals surface area contributed by atoms with Gasteiger partial charge in [0.05, 0.1) is 11.5 Å². The zero-order valence-electron chi connectivity index (χ0n) is 9.05. The zero-order chi connectivity index (χ0) is 11.9. The third kappa shape index (κ3) is 4.17. The molecule has 0 saturated heterocycles. The molecule has 0 unspecified atom stereocenters. The van der Waals surface area contributed by atoms with Crippen molar-refractivity contribution in [3.63, 3.8) is 0 Å². The second kappa shape index (κ2) is 6.82. The number of aliphatic hydroxyl groups excluding tert-OH is 1. The highest BCUT2D eigenvalue weighted by molar-refractivity contribution is 8.00. The summed E-state index contributed by atoms with van der Waals surface area (Å²) >= 11 is 5.12. The van der Waals surface area contributed by atoms with Crippen molar-refractivity contribution in [1.29, 1.82) is 0 Å². The van der Waals surface area contributed by atoms with Crippen molar-refractivity contribution in [2.45, 2.75) is 16.5 Å². The van der Waals surface area contributed by atoms with E-state index in [1.165, 1.54) is 4.88 Å². The van der Waals surface area contributed by atoms with Gasteiger partial charge < -0.3 is 5.11 Å². The highest BCUT2D eigenvalue weighted by atomic mass is 32.2. The lowest BCUT2D eigenvalue weighted by molar-refractivity contribution is 0.305. The number of thiophene rings is 1. The third-order valence-electron chi connectivity index (χ3n) is 1.86. The first-order valence-electron chi connectivity index (χ1n) is 5.09. The van der Waals surface area contributed by atoms with Crippen molar-refractivity contribution < 1.29 is 5.11 Å². The van der Waals surface area contributed by atoms with Gasteiger partial charge in [-0.1, -0.05) is 23.6 Å². The molecule has 2 rings (SSSR count). The molecule has 0 aliphatic heterocycles. The van der Waals surface area contributed by atoms with E-state index in [-0.39, 0.29) is 6.61 Å². The molecule has 88 valence electrons. The van der Waals surface area contributed by atoms with Crippen LogP contribution in [0, 0.1) is 11.8 Å². The Labute approximate surface area is 113 Å². The number of aromatic nitrogens is 1. The molecule has 0 aliphatic rings. The number of hydrogen-bond donors (Lipinski definition) is 1. The van der Waals surface area contributed by atoms with Gasteiger partial charge in [-0.05, 0) is 12.1 Å². The average molecular weight is 281 g/mol. The Balaban J connectivity index is 1.88. The minimum absolute atomic E-state index is 0.130. The molecule has 2 aromatic heterocycles. The van der Waals surface area contributed by atoms with E-state index in [0.717, 1.165) is 15.0 Å². The van der Waals surface area contributed by atoms with Gasteiger partial charge in [-0.3, -0.25) is 0 Å². The minimum Gasteiger partial charge on any atom is -0.395 e. The summed E-state index contributed by atoms with van der Waals surface area (Å²) in [6.07, 6.45) is 2.37. The molecule has 0 saturated carbocycles. The predicted octanol–water partition coefficient (Wildman–Crippen LogP) is 3.23. The summed E-state index contributed by atoms with van der Waals surface area (Å²) in [7, 11) is 0. The van der Waals surface area contributed by atoms with Crippen LogP contribution in [0.4, 0.5) is 0 Å². The molecule has 0 bridgehead atoms. The highest BCUT2D eigenvalue weighted by Gasteiger charge is 2.01. The van der Waals surface area contributed by atoms with E-state index in [0.29, 0.717) is 6.42 Å². The Morgan fingerprint density at radius 2 is 2.35 bits per heavy atom. The Morgan fingerprint density at radius 1 is 1.41 bits per heavy atom. The molecule has 2 aromatic rings. The summed E-state index contributed by atoms with van der Waals surface area (Å²) in [6, 6.07) is 4.14. The molecule has 5 heteroatoms. The Kier molecular flexibility index (Phi) is 5.08. The monoisotopic (exact) mass is 281 g/mol. The predicted molar refractivity (Wildman–Crippen MR) is 74.6 cm³/mol. The van der Waals surface area contributed by atoms with Gasteiger partial charge in [0.2, 0.25) is 0 Å². The smallest absolute Gasteiger partial charge is 0.150 e. The molecule has 0 radical (unpaired) electrons. The second-order valence-corrected chi connectivity index (χ2v) is 6.41. The summed E-state index contributed by atoms with van der Waals surface area (Å²) < 4.78 is 1.10. The number of aliphatic hydroxyl groups is 1. The first-order valence-corrected chi connectivity index (χ1v) is 7.77. The van der Waals surface area contributed by atoms with Crippen molar-refractivity contribution >= 4 is 34.4 Å². The van der Waals surface area contributed by atoms with Crippen molar-refractivity contribution in [1.82, 2.24) is 4.98 Å². The van der Waals surface area contributed by atoms with Gasteiger partial charge in [-0.25, -0.2) is 4.98 Å². The number of hydrogen-bond acceptors (Lipinski definition) is 5. The first kappa shape index (κ1) is 12.7. The van der Waals surface area contributed by atoms with Crippen molar-refractivity contribution in [2.24, 2.45) is 0 Å². The molecule has 17 heavy (non-hydrogen) atoms. The lowest BCUT2D eigenvalue weighted by atomic mass is 10.4. The molecule has 0 aliphatic carbocycles. The van der Waals surface area contributed by atoms with Gasteiger partial charge in [-0.15, -0.1) is 22.7 Å². The lowest BCUT2D eigenvalue weighted by Gasteiger charge is -1.92. The van der Waals surface area contributed by atoms with Crippen LogP contribution in [0.5, 0.6) is 0 Å². The van der Waals surface area contributed by atoms with Gasteiger partial charge in [0.1, 0.15) is 4.34 Å². The Bertz CT molecular complexity index is 507. The fourth-order valence-corrected chi connectivity index (χ4v) is 3.71. The zero-order valence-corrected chi connectivity index (χ0v) is 11.5. The van der Waals surface area contributed by atoms with E-state index in [1.807, 2.05) is 17.6 Å². The van der Waals surface area contributed by atoms with Gasteiger partial charge in [0.15, 0.2) is 0 Å². The summed E-state index contributed by atoms with van der Waals surface area (Å²) in [5.41, 5.74) is 0. The van der Waals surface area contributed by atoms with Crippen LogP contribution in [0.15, 0.2) is 28.0 Å². The normalized spacial score (nSPS) is 9.94. The highest BCUT2D eigenvalue weighted by Crippen LogP contribution is 2.27. The quantitative estimate of drug-likeness (QED) is 0.690. The fourth-order valence-electron chi connectivity index (χ4n) is 1.14. The van der Waals surface area contributed by atoms with E-state index in [4.69, 9.17) is 5.11 Å². The maximum absolute atomic E-state index is 8.63. The maximum atomic E-state index is 8.63. The lowest BCUT2D eigenvalue weighted by Crippen LogP contribution is -1.75. The minimum atomic E-state index is 0.130. The summed E-state index contributed by atoms with van der Waals surface area (Å²) in [4.78, 5) is 6.60. The molecule has 0 spiro atoms. The Hall–Kier alpha value is -0.800. The van der Waals surface area contributed by atoms with Gasteiger partial charge in [0.25, 0.3) is 0 Å². The van der Waals surface area contributed by atoms with E-state index in [9.17, 15) is 0 Å². The molecule has 0 aromatic carbocycles. The number of thioether (sulfide) groups is 1. The van der Waals surface area contributed by atoms with Crippen LogP contribution in [-0.4, -0.2) is 16.7 Å². The van der Waals surface area contributed by atoms with Crippen molar-refractivity contribution in [2.75, 3.05) is 6.61 Å². The molecule has 0 amide bonds. The molecule has 1 N–H and O–H groups in total. The standard InChI is InChI=1S/C12H11NOS3/c14-7-2-1-3-10-4-5-11(17-10)9-16-12-13-6-8-15-12/h4-6,8,14H,2,7,9H2. The topological polar surface area (TPSA) is 33.1 Å². The fraction of sp³-hybridized carbons (Fsp3) is 0.250. The third-order valence-corrected chi connectivity index (χ3v) is 5.06. The maximum Gasteiger partial charge on any atom is 0.150 e. The van der Waals surface area contributed by atoms with Crippen LogP contribution < -0.4 is 0 Å². The SMILES string of the molecule is OCCC#Cc1ccc(CSc2nccs2)s1. The van der Waals surface area contributed by atoms with Gasteiger partial charge in [-0.2, -0.15) is 0 Å². The molecule has 0 fully saturated rings. The van der Waals surface area contributed by atoms with Gasteiger partial charge >= 0.3 is 0 Å². The van der Waals surface area contributed by atoms with Crippen LogP contribution in [0.1, 0.15) is 16.2 Å². The van der Waals surface area contributed by atoms with Crippen molar-refractivity contribution in [3.05, 3.63) is 33.5 Å². The van der Waals surface area contributed by atoms with Crippen LogP contribution in [-0.2, 0) is 5.75 Å². The molecular formula is C12H11NOS3. The average Bonchev–Trinajstić information content (AvgIpc) is 2.98. The second-order valence-electron chi connectivity index (χ2n) is 3.13. The molecule has 2 nitrogen and oxygen atoms in total. The van der Waals surface area contributed by atoms with E-state index < -0.39 is 0 Å². The molecule has 0 atom stereocenters. The molecular weight excluding hydrogens is 270 g/mol. The van der Waals surface area contributed by atoms with E-state index >= 15 is 0 Å². The van der Waals surface area contributed by atoms with Gasteiger partial charge in [0, 0.05) is 28.6 Å². The van der Waals surface area contributed by atoms with Crippen LogP contribution in [0.25, 0.3) is 0 Å². The molecule has 2 heterocycles. The number of thiazole rings is 1.